The molecule has 0 bridgehead atoms. The summed E-state index contributed by atoms with van der Waals surface area (Å²) in [5.74, 6) is -1.65. The van der Waals surface area contributed by atoms with E-state index in [-0.39, 0.29) is 11.1 Å². The van der Waals surface area contributed by atoms with Crippen LogP contribution in [-0.4, -0.2) is 38.1 Å². The fourth-order valence-corrected chi connectivity index (χ4v) is 38.7. The summed E-state index contributed by atoms with van der Waals surface area (Å²) < 4.78 is 54.9. The van der Waals surface area contributed by atoms with E-state index in [1.54, 1.807) is 22.7 Å². The molecule has 0 atom stereocenters. The molecule has 5 aromatic heterocycles. The number of rotatable bonds is 18. The molecule has 9 aromatic rings. The maximum atomic E-state index is 17.6. The molecule has 12 rings (SSSR count). The Morgan fingerprint density at radius 1 is 0.593 bits per heavy atom. The van der Waals surface area contributed by atoms with Gasteiger partial charge in [0.1, 0.15) is 19.1 Å². The van der Waals surface area contributed by atoms with Crippen LogP contribution in [0, 0.1) is 16.0 Å². The van der Waals surface area contributed by atoms with Gasteiger partial charge in [0, 0.05) is 19.5 Å². The molecule has 14 heteroatoms. The van der Waals surface area contributed by atoms with Crippen molar-refractivity contribution in [2.75, 3.05) is 13.2 Å². The number of fused-ring (bicyclic) bond motifs is 7. The van der Waals surface area contributed by atoms with Crippen LogP contribution in [0.1, 0.15) is 77.0 Å². The van der Waals surface area contributed by atoms with E-state index >= 15 is 8.78 Å². The Bertz CT molecular complexity index is 3960. The molecule has 0 radical (unpaired) electrons. The van der Waals surface area contributed by atoms with Crippen LogP contribution in [-0.2, 0) is 22.7 Å². The summed E-state index contributed by atoms with van der Waals surface area (Å²) in [5.41, 5.74) is 4.92. The van der Waals surface area contributed by atoms with E-state index in [0.29, 0.717) is 24.2 Å². The molecule has 3 nitrogen and oxygen atoms in total. The second-order valence-electron chi connectivity index (χ2n) is 21.4. The van der Waals surface area contributed by atoms with E-state index in [4.69, 9.17) is 13.5 Å². The monoisotopic (exact) mass is 1390 g/mol. The van der Waals surface area contributed by atoms with Gasteiger partial charge in [-0.3, -0.25) is 0 Å². The average molecular weight is 1390 g/mol. The molecule has 1 saturated heterocycles. The van der Waals surface area contributed by atoms with Crippen molar-refractivity contribution in [1.82, 2.24) is 8.75 Å². The molecule has 0 spiro atoms. The topological polar surface area (TPSA) is 35.0 Å². The van der Waals surface area contributed by atoms with Gasteiger partial charge in [-0.2, -0.15) is 8.75 Å². The summed E-state index contributed by atoms with van der Waals surface area (Å²) >= 11 is 9.79. The number of benzene rings is 4. The minimum absolute atomic E-state index is 0.247. The number of hydrogen-bond acceptors (Lipinski definition) is 8. The van der Waals surface area contributed by atoms with E-state index in [1.807, 2.05) is 40.6 Å². The molecule has 0 N–H and O–H groups in total. The van der Waals surface area contributed by atoms with Crippen LogP contribution in [0.5, 0.6) is 0 Å². The van der Waals surface area contributed by atoms with Gasteiger partial charge in [-0.15, -0.1) is 22.7 Å². The summed E-state index contributed by atoms with van der Waals surface area (Å²) in [6.07, 6.45) is 17.8. The molecular weight excluding hydrogens is 1320 g/mol. The predicted octanol–water partition coefficient (Wildman–Crippen LogP) is 17.0. The van der Waals surface area contributed by atoms with Crippen molar-refractivity contribution in [3.63, 3.8) is 0 Å². The van der Waals surface area contributed by atoms with Crippen molar-refractivity contribution in [2.24, 2.45) is 0 Å². The van der Waals surface area contributed by atoms with Crippen molar-refractivity contribution >= 4 is 140 Å². The SMILES string of the molecule is CC=C1COCC1=CC(/C=C/c1cc2c(s1)-c1sc(-c3c(F)c(F)c(-c4cc5c(s4)-c4sc(/C=C/C)cc4[Si]5(CCC)CCC)c4nsnc34)cc1[Si]2(CCC)CCC)=C([C]#[Os])[P+](c1ccccc1)(c1ccccc1)c1ccccc1. The number of allylic oxidation sites excluding steroid dienone is 6. The Labute approximate surface area is 508 Å². The third-order valence-electron chi connectivity index (χ3n) is 16.7. The Kier molecular flexibility index (Phi) is 16.6. The number of ether oxygens (including phenoxy) is 1. The number of nitrogens with zero attached hydrogens (tertiary/aromatic N) is 2. The van der Waals surface area contributed by atoms with Crippen LogP contribution < -0.4 is 36.7 Å². The first-order valence-electron chi connectivity index (χ1n) is 28.3. The normalized spacial score (nSPS) is 16.5. The number of halogens is 2. The number of hydrogen-bond donors (Lipinski definition) is 0. The first-order valence-corrected chi connectivity index (χ1v) is 40.2. The number of thiophene rings is 4. The summed E-state index contributed by atoms with van der Waals surface area (Å²) in [6.45, 7) is 14.5. The molecule has 4 aromatic carbocycles. The Hall–Kier alpha value is -4.70. The van der Waals surface area contributed by atoms with Crippen molar-refractivity contribution < 1.29 is 31.5 Å². The van der Waals surface area contributed by atoms with Crippen LogP contribution in [0.4, 0.5) is 8.78 Å². The third kappa shape index (κ3) is 9.41. The average Bonchev–Trinajstić information content (AvgIpc) is 4.50. The zero-order valence-electron chi connectivity index (χ0n) is 46.4. The minimum atomic E-state index is -2.53. The van der Waals surface area contributed by atoms with Gasteiger partial charge in [-0.25, -0.2) is 8.78 Å². The Morgan fingerprint density at radius 2 is 1.01 bits per heavy atom. The van der Waals surface area contributed by atoms with Gasteiger partial charge >= 0.3 is 325 Å². The molecule has 0 unspecified atom stereocenters. The molecule has 0 saturated carbocycles. The van der Waals surface area contributed by atoms with Gasteiger partial charge < -0.3 is 0 Å². The molecule has 0 aliphatic carbocycles. The van der Waals surface area contributed by atoms with Crippen LogP contribution in [0.15, 0.2) is 162 Å². The molecule has 3 aliphatic heterocycles. The van der Waals surface area contributed by atoms with E-state index in [1.165, 1.54) is 82.4 Å². The van der Waals surface area contributed by atoms with Gasteiger partial charge in [0.15, 0.2) is 11.6 Å². The van der Waals surface area contributed by atoms with Gasteiger partial charge in [-0.1, -0.05) is 32.8 Å². The molecule has 3 aliphatic rings. The zero-order valence-corrected chi connectivity index (χ0v) is 55.9. The number of aromatic nitrogens is 2. The molecule has 1 fully saturated rings. The fraction of sp³-hybridized carbons (Fsp3) is 0.239. The quantitative estimate of drug-likeness (QED) is 0.0488. The second-order valence-corrected chi connectivity index (χ2v) is 38.6. The van der Waals surface area contributed by atoms with Crippen LogP contribution in [0.3, 0.4) is 0 Å². The summed E-state index contributed by atoms with van der Waals surface area (Å²) in [5, 5.41) is 10.7. The summed E-state index contributed by atoms with van der Waals surface area (Å²) in [6, 6.07) is 47.0. The molecular formula is C67H63F2N2OOsPS5Si2+. The van der Waals surface area contributed by atoms with Gasteiger partial charge in [0.05, 0.1) is 17.3 Å². The fourth-order valence-electron chi connectivity index (χ4n) is 13.5. The van der Waals surface area contributed by atoms with Gasteiger partial charge in [0.25, 0.3) is 0 Å². The van der Waals surface area contributed by atoms with Crippen molar-refractivity contribution in [3.8, 4) is 44.8 Å². The van der Waals surface area contributed by atoms with Crippen molar-refractivity contribution in [2.45, 2.75) is 91.4 Å². The van der Waals surface area contributed by atoms with Crippen LogP contribution in [0.2, 0.25) is 24.2 Å². The molecule has 8 heterocycles. The molecule has 0 amide bonds. The Balaban J connectivity index is 1.00. The van der Waals surface area contributed by atoms with E-state index in [2.05, 4.69) is 198 Å². The first kappa shape index (κ1) is 56.8. The van der Waals surface area contributed by atoms with Crippen LogP contribution >= 0.6 is 64.3 Å². The molecule has 411 valence electrons. The second kappa shape index (κ2) is 23.7. The summed E-state index contributed by atoms with van der Waals surface area (Å²) in [7, 11) is -7.06. The predicted molar refractivity (Wildman–Crippen MR) is 353 cm³/mol. The van der Waals surface area contributed by atoms with Crippen molar-refractivity contribution in [1.29, 1.82) is 0 Å². The zero-order chi connectivity index (χ0) is 56.0. The molecule has 81 heavy (non-hydrogen) atoms. The van der Waals surface area contributed by atoms with E-state index in [9.17, 15) is 0 Å². The summed E-state index contributed by atoms with van der Waals surface area (Å²) in [4.78, 5) is 9.02. The van der Waals surface area contributed by atoms with Gasteiger partial charge in [0.2, 0.25) is 0 Å². The maximum absolute atomic E-state index is 17.6. The standard InChI is InChI=1S/C67H63F2N2OPS5Si2.Os/c1-8-23-50-37-54-64(74-50)66-56(79(54,32-9-2)33-10-3)39-52(76-66)58-60(68)61(69)59(63-62(58)70-78-71-63)53-40-57-67(77-53)65-55(80(57,34-11-4)35-12-5)38-51(75-65)31-30-45(36-46-42-72-41-44(46)13-6)43(7)73(47-24-17-14-18-25-47,48-26-19-15-20-27-48)49-28-21-16-22-29-49;/h8,13-31,36-40H,9-12,32-35,41-42H2,1-6H3;/q+1;/b23-8+,31-30+,44-13?,45-43?,46-36?;. The van der Waals surface area contributed by atoms with Crippen molar-refractivity contribution in [3.05, 3.63) is 183 Å². The first-order chi connectivity index (χ1) is 39.6. The third-order valence-corrected chi connectivity index (χ3v) is 39.3. The Morgan fingerprint density at radius 3 is 1.43 bits per heavy atom. The van der Waals surface area contributed by atoms with E-state index in [0.717, 1.165) is 76.9 Å². The van der Waals surface area contributed by atoms with E-state index < -0.39 is 35.0 Å². The van der Waals surface area contributed by atoms with Crippen LogP contribution in [0.25, 0.3) is 63.6 Å². The van der Waals surface area contributed by atoms with Gasteiger partial charge in [-0.05, 0) is 47.6 Å².